The third kappa shape index (κ3) is 2.69. The fourth-order valence-electron chi connectivity index (χ4n) is 1.88. The Morgan fingerprint density at radius 2 is 2.31 bits per heavy atom. The molecule has 1 rings (SSSR count). The number of hydrogen-bond acceptors (Lipinski definition) is 2. The third-order valence-corrected chi connectivity index (χ3v) is 2.55. The van der Waals surface area contributed by atoms with Crippen LogP contribution in [0.5, 0.6) is 0 Å². The van der Waals surface area contributed by atoms with Gasteiger partial charge >= 0.3 is 0 Å². The Morgan fingerprint density at radius 1 is 1.62 bits per heavy atom. The van der Waals surface area contributed by atoms with Gasteiger partial charge in [-0.15, -0.1) is 0 Å². The number of likely N-dealkylation sites (tertiary alicyclic amines) is 1. The minimum atomic E-state index is 0.281. The first-order valence-corrected chi connectivity index (χ1v) is 5.14. The maximum absolute atomic E-state index is 11.7. The zero-order valence-corrected chi connectivity index (χ0v) is 8.62. The average Bonchev–Trinajstić information content (AvgIpc) is 2.49. The van der Waals surface area contributed by atoms with Crippen LogP contribution in [0, 0.1) is 5.92 Å². The topological polar surface area (TPSA) is 46.3 Å². The summed E-state index contributed by atoms with van der Waals surface area (Å²) in [5, 5.41) is 0. The van der Waals surface area contributed by atoms with Crippen molar-refractivity contribution in [2.45, 2.75) is 39.2 Å². The number of carbonyl (C=O) groups is 1. The van der Waals surface area contributed by atoms with Crippen molar-refractivity contribution in [3.05, 3.63) is 0 Å². The molecule has 0 radical (unpaired) electrons. The highest BCUT2D eigenvalue weighted by atomic mass is 16.2. The molecule has 0 aromatic rings. The molecule has 13 heavy (non-hydrogen) atoms. The molecule has 1 amide bonds. The summed E-state index contributed by atoms with van der Waals surface area (Å²) in [4.78, 5) is 13.7. The second kappa shape index (κ2) is 4.61. The molecule has 1 unspecified atom stereocenters. The summed E-state index contributed by atoms with van der Waals surface area (Å²) >= 11 is 0. The SMILES string of the molecule is CC(C)CC(=O)N1CCCC1CN. The molecule has 0 bridgehead atoms. The molecule has 1 aliphatic heterocycles. The van der Waals surface area contributed by atoms with E-state index in [0.29, 0.717) is 24.9 Å². The van der Waals surface area contributed by atoms with Crippen LogP contribution >= 0.6 is 0 Å². The smallest absolute Gasteiger partial charge is 0.223 e. The molecule has 2 N–H and O–H groups in total. The summed E-state index contributed by atoms with van der Waals surface area (Å²) in [6.07, 6.45) is 2.86. The van der Waals surface area contributed by atoms with Gasteiger partial charge < -0.3 is 10.6 Å². The van der Waals surface area contributed by atoms with Crippen molar-refractivity contribution in [2.24, 2.45) is 11.7 Å². The molecule has 0 aromatic carbocycles. The van der Waals surface area contributed by atoms with Crippen molar-refractivity contribution >= 4 is 5.91 Å². The van der Waals surface area contributed by atoms with Crippen LogP contribution in [0.1, 0.15) is 33.1 Å². The van der Waals surface area contributed by atoms with Gasteiger partial charge in [0.15, 0.2) is 0 Å². The minimum absolute atomic E-state index is 0.281. The van der Waals surface area contributed by atoms with Crippen LogP contribution in [0.25, 0.3) is 0 Å². The van der Waals surface area contributed by atoms with Crippen LogP contribution in [-0.2, 0) is 4.79 Å². The second-order valence-electron chi connectivity index (χ2n) is 4.22. The molecule has 1 atom stereocenters. The Bertz CT molecular complexity index is 180. The minimum Gasteiger partial charge on any atom is -0.338 e. The number of hydrogen-bond donors (Lipinski definition) is 1. The lowest BCUT2D eigenvalue weighted by molar-refractivity contribution is -0.132. The molecule has 0 aromatic heterocycles. The lowest BCUT2D eigenvalue weighted by atomic mass is 10.1. The van der Waals surface area contributed by atoms with Gasteiger partial charge in [-0.1, -0.05) is 13.8 Å². The van der Waals surface area contributed by atoms with Crippen molar-refractivity contribution in [1.82, 2.24) is 4.90 Å². The largest absolute Gasteiger partial charge is 0.338 e. The van der Waals surface area contributed by atoms with Crippen molar-refractivity contribution in [3.63, 3.8) is 0 Å². The first-order valence-electron chi connectivity index (χ1n) is 5.14. The monoisotopic (exact) mass is 184 g/mol. The maximum atomic E-state index is 11.7. The van der Waals surface area contributed by atoms with E-state index < -0.39 is 0 Å². The van der Waals surface area contributed by atoms with Gasteiger partial charge in [-0.2, -0.15) is 0 Å². The van der Waals surface area contributed by atoms with Gasteiger partial charge in [0.25, 0.3) is 0 Å². The quantitative estimate of drug-likeness (QED) is 0.710. The number of nitrogens with two attached hydrogens (primary N) is 1. The number of carbonyl (C=O) groups excluding carboxylic acids is 1. The Labute approximate surface area is 80.3 Å². The molecule has 1 saturated heterocycles. The maximum Gasteiger partial charge on any atom is 0.223 e. The highest BCUT2D eigenvalue weighted by molar-refractivity contribution is 5.77. The fraction of sp³-hybridized carbons (Fsp3) is 0.900. The molecule has 3 heteroatoms. The number of rotatable bonds is 3. The van der Waals surface area contributed by atoms with Gasteiger partial charge in [-0.05, 0) is 18.8 Å². The van der Waals surface area contributed by atoms with Gasteiger partial charge in [-0.3, -0.25) is 4.79 Å². The molecule has 0 spiro atoms. The van der Waals surface area contributed by atoms with Gasteiger partial charge in [0.05, 0.1) is 0 Å². The highest BCUT2D eigenvalue weighted by Crippen LogP contribution is 2.18. The van der Waals surface area contributed by atoms with Crippen molar-refractivity contribution < 1.29 is 4.79 Å². The predicted octanol–water partition coefficient (Wildman–Crippen LogP) is 0.982. The lowest BCUT2D eigenvalue weighted by Gasteiger charge is -2.24. The third-order valence-electron chi connectivity index (χ3n) is 2.55. The van der Waals surface area contributed by atoms with Crippen molar-refractivity contribution in [3.8, 4) is 0 Å². The van der Waals surface area contributed by atoms with Gasteiger partial charge in [0.2, 0.25) is 5.91 Å². The second-order valence-corrected chi connectivity index (χ2v) is 4.22. The van der Waals surface area contributed by atoms with Crippen molar-refractivity contribution in [2.75, 3.05) is 13.1 Å². The van der Waals surface area contributed by atoms with Crippen LogP contribution in [0.2, 0.25) is 0 Å². The molecule has 1 aliphatic rings. The van der Waals surface area contributed by atoms with Crippen LogP contribution < -0.4 is 5.73 Å². The number of amides is 1. The summed E-state index contributed by atoms with van der Waals surface area (Å²) in [5.41, 5.74) is 5.60. The molecular weight excluding hydrogens is 164 g/mol. The Balaban J connectivity index is 2.45. The van der Waals surface area contributed by atoms with E-state index in [4.69, 9.17) is 5.73 Å². The zero-order valence-electron chi connectivity index (χ0n) is 8.62. The van der Waals surface area contributed by atoms with E-state index in [1.807, 2.05) is 4.90 Å². The summed E-state index contributed by atoms with van der Waals surface area (Å²) in [7, 11) is 0. The fourth-order valence-corrected chi connectivity index (χ4v) is 1.88. The standard InChI is InChI=1S/C10H20N2O/c1-8(2)6-10(13)12-5-3-4-9(12)7-11/h8-9H,3-7,11H2,1-2H3. The van der Waals surface area contributed by atoms with Crippen molar-refractivity contribution in [1.29, 1.82) is 0 Å². The van der Waals surface area contributed by atoms with Gasteiger partial charge in [0, 0.05) is 25.6 Å². The summed E-state index contributed by atoms with van der Waals surface area (Å²) in [6.45, 7) is 5.67. The first kappa shape index (κ1) is 10.5. The molecule has 1 heterocycles. The molecule has 76 valence electrons. The number of nitrogens with zero attached hydrogens (tertiary/aromatic N) is 1. The van der Waals surface area contributed by atoms with E-state index in [-0.39, 0.29) is 5.91 Å². The Morgan fingerprint density at radius 3 is 2.85 bits per heavy atom. The molecule has 0 saturated carbocycles. The lowest BCUT2D eigenvalue weighted by Crippen LogP contribution is -2.40. The van der Waals surface area contributed by atoms with Gasteiger partial charge in [-0.25, -0.2) is 0 Å². The average molecular weight is 184 g/mol. The molecular formula is C10H20N2O. The molecule has 3 nitrogen and oxygen atoms in total. The van der Waals surface area contributed by atoms with E-state index in [1.165, 1.54) is 0 Å². The summed E-state index contributed by atoms with van der Waals surface area (Å²) in [6, 6.07) is 0.311. The van der Waals surface area contributed by atoms with Crippen LogP contribution in [0.4, 0.5) is 0 Å². The van der Waals surface area contributed by atoms with E-state index in [9.17, 15) is 4.79 Å². The molecule has 0 aliphatic carbocycles. The van der Waals surface area contributed by atoms with E-state index in [2.05, 4.69) is 13.8 Å². The van der Waals surface area contributed by atoms with Crippen LogP contribution in [0.15, 0.2) is 0 Å². The first-order chi connectivity index (χ1) is 6.15. The Kier molecular flexibility index (Phi) is 3.72. The Hall–Kier alpha value is -0.570. The van der Waals surface area contributed by atoms with Gasteiger partial charge in [0.1, 0.15) is 0 Å². The highest BCUT2D eigenvalue weighted by Gasteiger charge is 2.27. The van der Waals surface area contributed by atoms with E-state index in [0.717, 1.165) is 19.4 Å². The van der Waals surface area contributed by atoms with Crippen LogP contribution in [0.3, 0.4) is 0 Å². The normalized spacial score (nSPS) is 22.8. The van der Waals surface area contributed by atoms with Crippen LogP contribution in [-0.4, -0.2) is 29.9 Å². The van der Waals surface area contributed by atoms with E-state index in [1.54, 1.807) is 0 Å². The van der Waals surface area contributed by atoms with E-state index >= 15 is 0 Å². The summed E-state index contributed by atoms with van der Waals surface area (Å²) < 4.78 is 0. The zero-order chi connectivity index (χ0) is 9.84. The molecule has 1 fully saturated rings. The summed E-state index contributed by atoms with van der Waals surface area (Å²) in [5.74, 6) is 0.731. The predicted molar refractivity (Wildman–Crippen MR) is 53.2 cm³/mol.